The summed E-state index contributed by atoms with van der Waals surface area (Å²) in [4.78, 5) is 20.7. The van der Waals surface area contributed by atoms with Gasteiger partial charge in [0.05, 0.1) is 0 Å². The molecule has 0 unspecified atom stereocenters. The number of amides is 1. The predicted molar refractivity (Wildman–Crippen MR) is 122 cm³/mol. The van der Waals surface area contributed by atoms with Crippen LogP contribution in [0.25, 0.3) is 0 Å². The molecule has 166 valence electrons. The molecule has 2 rings (SSSR count). The Morgan fingerprint density at radius 2 is 1.80 bits per heavy atom. The predicted octanol–water partition coefficient (Wildman–Crippen LogP) is 3.37. The molecule has 8 heteroatoms. The summed E-state index contributed by atoms with van der Waals surface area (Å²) in [6, 6.07) is 0. The van der Waals surface area contributed by atoms with Crippen molar-refractivity contribution in [3.05, 3.63) is 36.6 Å². The first kappa shape index (κ1) is 23.5. The average molecular weight is 417 g/mol. The third kappa shape index (κ3) is 6.64. The van der Waals surface area contributed by atoms with E-state index in [1.165, 1.54) is 0 Å². The minimum absolute atomic E-state index is 0.176. The molecule has 2 heterocycles. The lowest BCUT2D eigenvalue weighted by Crippen LogP contribution is -2.73. The van der Waals surface area contributed by atoms with Crippen LogP contribution in [0.1, 0.15) is 41.0 Å². The van der Waals surface area contributed by atoms with Gasteiger partial charge in [0.2, 0.25) is 0 Å². The zero-order valence-corrected chi connectivity index (χ0v) is 19.2. The number of hydrazone groups is 1. The van der Waals surface area contributed by atoms with Gasteiger partial charge in [-0.2, -0.15) is 0 Å². The Bertz CT molecular complexity index is 748. The number of nitrogens with one attached hydrogen (secondary N) is 1. The topological polar surface area (TPSA) is 72.8 Å². The van der Waals surface area contributed by atoms with Gasteiger partial charge in [0, 0.05) is 50.8 Å². The molecular formula is C22H36N6O2. The van der Waals surface area contributed by atoms with Crippen LogP contribution >= 0.6 is 0 Å². The van der Waals surface area contributed by atoms with Crippen LogP contribution in [0.15, 0.2) is 46.7 Å². The van der Waals surface area contributed by atoms with Gasteiger partial charge in [0.15, 0.2) is 0 Å². The summed E-state index contributed by atoms with van der Waals surface area (Å²) in [5.41, 5.74) is 4.41. The molecule has 0 bridgehead atoms. The van der Waals surface area contributed by atoms with Gasteiger partial charge in [-0.15, -0.1) is 5.10 Å². The molecule has 30 heavy (non-hydrogen) atoms. The fourth-order valence-corrected chi connectivity index (χ4v) is 3.45. The Morgan fingerprint density at radius 3 is 2.33 bits per heavy atom. The number of aliphatic imine (C=N–C) groups is 1. The highest BCUT2D eigenvalue weighted by molar-refractivity contribution is 5.89. The lowest BCUT2D eigenvalue weighted by molar-refractivity contribution is -0.0891. The lowest BCUT2D eigenvalue weighted by Gasteiger charge is -2.60. The molecule has 2 saturated heterocycles. The molecule has 0 radical (unpaired) electrons. The van der Waals surface area contributed by atoms with E-state index in [2.05, 4.69) is 40.5 Å². The summed E-state index contributed by atoms with van der Waals surface area (Å²) in [5, 5.41) is 5.82. The molecule has 1 N–H and O–H groups in total. The highest BCUT2D eigenvalue weighted by atomic mass is 16.6. The van der Waals surface area contributed by atoms with Crippen molar-refractivity contribution < 1.29 is 9.53 Å². The summed E-state index contributed by atoms with van der Waals surface area (Å²) < 4.78 is 5.44. The van der Waals surface area contributed by atoms with E-state index in [1.54, 1.807) is 23.4 Å². The fraction of sp³-hybridized carbons (Fsp3) is 0.591. The number of carbonyl (C=O) groups excluding carboxylic acids is 1. The van der Waals surface area contributed by atoms with Crippen LogP contribution in [-0.2, 0) is 4.74 Å². The van der Waals surface area contributed by atoms with Crippen LogP contribution in [0.4, 0.5) is 4.79 Å². The van der Waals surface area contributed by atoms with Gasteiger partial charge in [0.25, 0.3) is 0 Å². The molecule has 2 fully saturated rings. The van der Waals surface area contributed by atoms with Gasteiger partial charge < -0.3 is 14.5 Å². The Hall–Kier alpha value is -2.77. The monoisotopic (exact) mass is 416 g/mol. The van der Waals surface area contributed by atoms with Gasteiger partial charge >= 0.3 is 6.09 Å². The summed E-state index contributed by atoms with van der Waals surface area (Å²) in [7, 11) is 1.79. The number of nitrogens with zero attached hydrogens (tertiary/aromatic N) is 5. The van der Waals surface area contributed by atoms with E-state index in [9.17, 15) is 4.79 Å². The lowest BCUT2D eigenvalue weighted by atomic mass is 9.73. The van der Waals surface area contributed by atoms with E-state index in [-0.39, 0.29) is 11.5 Å². The minimum atomic E-state index is -0.456. The zero-order chi connectivity index (χ0) is 22.5. The number of hydrogen-bond acceptors (Lipinski definition) is 5. The van der Waals surface area contributed by atoms with E-state index in [1.807, 2.05) is 39.8 Å². The fourth-order valence-electron chi connectivity index (χ4n) is 3.45. The van der Waals surface area contributed by atoms with Crippen LogP contribution in [0, 0.1) is 5.41 Å². The minimum Gasteiger partial charge on any atom is -0.444 e. The number of carbonyl (C=O) groups is 1. The van der Waals surface area contributed by atoms with Crippen LogP contribution < -0.4 is 5.43 Å². The van der Waals surface area contributed by atoms with Crippen molar-refractivity contribution >= 4 is 18.3 Å². The highest BCUT2D eigenvalue weighted by Gasteiger charge is 2.54. The van der Waals surface area contributed by atoms with Crippen LogP contribution in [0.5, 0.6) is 0 Å². The second kappa shape index (κ2) is 9.36. The van der Waals surface area contributed by atoms with Crippen LogP contribution in [0.3, 0.4) is 0 Å². The molecule has 0 aliphatic carbocycles. The van der Waals surface area contributed by atoms with Crippen molar-refractivity contribution in [1.82, 2.24) is 20.3 Å². The smallest absolute Gasteiger partial charge is 0.410 e. The van der Waals surface area contributed by atoms with E-state index in [0.29, 0.717) is 5.70 Å². The number of ether oxygens (including phenoxy) is 1. The molecule has 1 spiro atoms. The molecular weight excluding hydrogens is 380 g/mol. The third-order valence-electron chi connectivity index (χ3n) is 4.74. The quantitative estimate of drug-likeness (QED) is 0.298. The van der Waals surface area contributed by atoms with Gasteiger partial charge in [-0.1, -0.05) is 31.7 Å². The first-order valence-corrected chi connectivity index (χ1v) is 10.3. The number of hydrogen-bond donors (Lipinski definition) is 1. The largest absolute Gasteiger partial charge is 0.444 e. The van der Waals surface area contributed by atoms with Gasteiger partial charge in [-0.05, 0) is 33.8 Å². The molecule has 0 aromatic heterocycles. The number of allylic oxidation sites excluding steroid dienone is 3. The first-order chi connectivity index (χ1) is 13.9. The molecule has 8 nitrogen and oxygen atoms in total. The summed E-state index contributed by atoms with van der Waals surface area (Å²) in [5.74, 6) is 0.995. The molecule has 0 aromatic carbocycles. The van der Waals surface area contributed by atoms with Crippen molar-refractivity contribution in [2.45, 2.75) is 46.6 Å². The van der Waals surface area contributed by atoms with Crippen LogP contribution in [0.2, 0.25) is 0 Å². The first-order valence-electron chi connectivity index (χ1n) is 10.3. The average Bonchev–Trinajstić information content (AvgIpc) is 2.54. The summed E-state index contributed by atoms with van der Waals surface area (Å²) in [6.45, 7) is 20.7. The third-order valence-corrected chi connectivity index (χ3v) is 4.74. The Balaban J connectivity index is 1.78. The maximum absolute atomic E-state index is 12.1. The van der Waals surface area contributed by atoms with Crippen molar-refractivity contribution in [2.75, 3.05) is 33.2 Å². The van der Waals surface area contributed by atoms with E-state index < -0.39 is 5.60 Å². The van der Waals surface area contributed by atoms with E-state index >= 15 is 0 Å². The summed E-state index contributed by atoms with van der Waals surface area (Å²) >= 11 is 0. The maximum Gasteiger partial charge on any atom is 0.410 e. The van der Waals surface area contributed by atoms with Gasteiger partial charge in [0.1, 0.15) is 17.8 Å². The number of amidine groups is 1. The van der Waals surface area contributed by atoms with E-state index in [0.717, 1.165) is 44.0 Å². The number of hydrazine groups is 1. The molecule has 0 aromatic rings. The molecule has 2 aliphatic rings. The van der Waals surface area contributed by atoms with Crippen LogP contribution in [-0.4, -0.2) is 72.0 Å². The standard InChI is InChI=1S/C22H36N6O2/c1-9-19(23-16-24-26(8)25-18(4)11-10-17(2)3)27-12-22(13-27)14-28(15-22)20(29)30-21(5,6)7/h10-11,16,25H,2,4,9,12-15H2,1,3,5-8H3/b11-10-,23-19+,24-16-. The number of rotatable bonds is 7. The summed E-state index contributed by atoms with van der Waals surface area (Å²) in [6.07, 6.45) is 5.86. The molecule has 0 atom stereocenters. The Kier molecular flexibility index (Phi) is 7.34. The van der Waals surface area contributed by atoms with Crippen molar-refractivity contribution in [3.63, 3.8) is 0 Å². The Morgan fingerprint density at radius 1 is 1.20 bits per heavy atom. The highest BCUT2D eigenvalue weighted by Crippen LogP contribution is 2.40. The van der Waals surface area contributed by atoms with Crippen molar-refractivity contribution in [3.8, 4) is 0 Å². The van der Waals surface area contributed by atoms with Crippen molar-refractivity contribution in [2.24, 2.45) is 15.5 Å². The molecule has 0 saturated carbocycles. The van der Waals surface area contributed by atoms with Gasteiger partial charge in [-0.25, -0.2) is 14.9 Å². The maximum atomic E-state index is 12.1. The second-order valence-electron chi connectivity index (χ2n) is 9.16. The zero-order valence-electron chi connectivity index (χ0n) is 19.2. The van der Waals surface area contributed by atoms with E-state index in [4.69, 9.17) is 4.74 Å². The normalized spacial score (nSPS) is 18.4. The molecule has 1 amide bonds. The molecule has 2 aliphatic heterocycles. The van der Waals surface area contributed by atoms with Crippen molar-refractivity contribution in [1.29, 1.82) is 0 Å². The number of likely N-dealkylation sites (tertiary alicyclic amines) is 2. The Labute approximate surface area is 180 Å². The SMILES string of the molecule is C=C(C)/C=C\C(=C)NN(C)/N=C\N=C(/CC)N1CC2(CN(C(=O)OC(C)(C)C)C2)C1. The second-order valence-corrected chi connectivity index (χ2v) is 9.16. The van der Waals surface area contributed by atoms with Gasteiger partial charge in [-0.3, -0.25) is 5.43 Å².